The average Bonchev–Trinajstić information content (AvgIpc) is 3.78. The molecule has 3 aliphatic rings. The van der Waals surface area contributed by atoms with Gasteiger partial charge in [-0.3, -0.25) is 24.5 Å². The van der Waals surface area contributed by atoms with Crippen molar-refractivity contribution in [2.24, 2.45) is 0 Å². The Morgan fingerprint density at radius 2 is 2.06 bits per heavy atom. The van der Waals surface area contributed by atoms with Crippen LogP contribution in [0.2, 0.25) is 0 Å². The van der Waals surface area contributed by atoms with Gasteiger partial charge in [-0.2, -0.15) is 0 Å². The van der Waals surface area contributed by atoms with E-state index in [1.54, 1.807) is 12.3 Å². The van der Waals surface area contributed by atoms with Gasteiger partial charge in [-0.25, -0.2) is 4.39 Å². The molecule has 1 amide bonds. The van der Waals surface area contributed by atoms with Gasteiger partial charge in [0.25, 0.3) is 11.5 Å². The number of carbonyl (C=O) groups is 1. The van der Waals surface area contributed by atoms with Gasteiger partial charge in [0.15, 0.2) is 0 Å². The third-order valence-corrected chi connectivity index (χ3v) is 6.89. The van der Waals surface area contributed by atoms with Crippen molar-refractivity contribution in [3.05, 3.63) is 75.5 Å². The molecule has 0 unspecified atom stereocenters. The number of hydrogen-bond acceptors (Lipinski definition) is 5. The summed E-state index contributed by atoms with van der Waals surface area (Å²) < 4.78 is 13.0. The number of alkyl halides is 1. The number of fused-ring (bicyclic) bond motifs is 1. The predicted molar refractivity (Wildman–Crippen MR) is 127 cm³/mol. The lowest BCUT2D eigenvalue weighted by Crippen LogP contribution is -2.28. The van der Waals surface area contributed by atoms with Crippen molar-refractivity contribution in [2.75, 3.05) is 13.1 Å². The zero-order chi connectivity index (χ0) is 23.2. The van der Waals surface area contributed by atoms with Crippen LogP contribution in [0.15, 0.2) is 47.5 Å². The topological polar surface area (TPSA) is 91.0 Å². The first-order valence-corrected chi connectivity index (χ1v) is 11.9. The van der Waals surface area contributed by atoms with Crippen molar-refractivity contribution in [3.8, 4) is 0 Å². The molecule has 2 atom stereocenters. The smallest absolute Gasteiger partial charge is 0.270 e. The lowest BCUT2D eigenvalue weighted by molar-refractivity contribution is 0.0942. The number of hydrogen-bond donors (Lipinski definition) is 2. The summed E-state index contributed by atoms with van der Waals surface area (Å²) in [5.41, 5.74) is 6.10. The number of aromatic nitrogens is 3. The molecule has 0 spiro atoms. The molecule has 3 aromatic rings. The molecule has 2 saturated carbocycles. The minimum Gasteiger partial charge on any atom is -0.345 e. The predicted octanol–water partition coefficient (Wildman–Crippen LogP) is 3.33. The third kappa shape index (κ3) is 4.37. The van der Waals surface area contributed by atoms with Crippen molar-refractivity contribution in [1.29, 1.82) is 0 Å². The zero-order valence-electron chi connectivity index (χ0n) is 18.8. The van der Waals surface area contributed by atoms with E-state index in [1.807, 2.05) is 24.4 Å². The van der Waals surface area contributed by atoms with Gasteiger partial charge in [-0.15, -0.1) is 0 Å². The normalized spacial score (nSPS) is 22.4. The van der Waals surface area contributed by atoms with Crippen LogP contribution in [0.3, 0.4) is 0 Å². The lowest BCUT2D eigenvalue weighted by atomic mass is 10.0. The lowest BCUT2D eigenvalue weighted by Gasteiger charge is -2.26. The van der Waals surface area contributed by atoms with Gasteiger partial charge in [-0.05, 0) is 60.1 Å². The van der Waals surface area contributed by atoms with E-state index in [9.17, 15) is 14.0 Å². The van der Waals surface area contributed by atoms with Crippen molar-refractivity contribution < 1.29 is 9.18 Å². The Morgan fingerprint density at radius 1 is 1.21 bits per heavy atom. The van der Waals surface area contributed by atoms with Crippen LogP contribution in [-0.4, -0.2) is 51.1 Å². The van der Waals surface area contributed by atoms with Crippen molar-refractivity contribution in [3.63, 3.8) is 0 Å². The summed E-state index contributed by atoms with van der Waals surface area (Å²) >= 11 is 0. The van der Waals surface area contributed by atoms with E-state index < -0.39 is 6.17 Å². The largest absolute Gasteiger partial charge is 0.345 e. The number of nitrogens with one attached hydrogen (secondary N) is 2. The van der Waals surface area contributed by atoms with Gasteiger partial charge < -0.3 is 10.3 Å². The minimum atomic E-state index is -0.925. The van der Waals surface area contributed by atoms with Crippen molar-refractivity contribution in [2.45, 2.75) is 50.4 Å². The highest BCUT2D eigenvalue weighted by Crippen LogP contribution is 2.38. The fraction of sp³-hybridized carbons (Fsp3) is 0.385. The molecule has 2 N–H and O–H groups in total. The van der Waals surface area contributed by atoms with Gasteiger partial charge in [0.05, 0.1) is 17.1 Å². The standard InChI is InChI=1S/C26H26FN5O2/c27-20-11-22(20)30-26(34)21-4-3-18(13-29-21)16-5-7-32(8-6-16)14-15-9-24-23(28-12-15)10-19(17-1-2-17)25(33)31-24/h3-5,9-10,12-13,17,20,22H,1-2,6-8,11,14H2,(H,30,34)(H,31,33)/t20-,22-/m1/s1. The van der Waals surface area contributed by atoms with Gasteiger partial charge in [0.1, 0.15) is 11.9 Å². The molecule has 0 aromatic carbocycles. The number of nitrogens with zero attached hydrogens (tertiary/aromatic N) is 3. The summed E-state index contributed by atoms with van der Waals surface area (Å²) in [7, 11) is 0. The van der Waals surface area contributed by atoms with Crippen LogP contribution in [-0.2, 0) is 6.54 Å². The minimum absolute atomic E-state index is 0.00996. The van der Waals surface area contributed by atoms with Crippen LogP contribution in [0.25, 0.3) is 16.6 Å². The van der Waals surface area contributed by atoms with Crippen molar-refractivity contribution >= 4 is 22.5 Å². The Morgan fingerprint density at radius 3 is 2.74 bits per heavy atom. The molecule has 8 heteroatoms. The summed E-state index contributed by atoms with van der Waals surface area (Å²) in [5, 5.41) is 2.65. The molecular formula is C26H26FN5O2. The Kier molecular flexibility index (Phi) is 5.25. The Balaban J connectivity index is 1.09. The van der Waals surface area contributed by atoms with E-state index >= 15 is 0 Å². The number of rotatable bonds is 6. The third-order valence-electron chi connectivity index (χ3n) is 6.89. The van der Waals surface area contributed by atoms with Crippen LogP contribution in [0.4, 0.5) is 4.39 Å². The summed E-state index contributed by atoms with van der Waals surface area (Å²) in [5.74, 6) is 0.0778. The van der Waals surface area contributed by atoms with Gasteiger partial charge in [0.2, 0.25) is 0 Å². The Labute approximate surface area is 196 Å². The molecule has 6 rings (SSSR count). The van der Waals surface area contributed by atoms with Crippen LogP contribution in [0.1, 0.15) is 58.8 Å². The second kappa shape index (κ2) is 8.43. The molecule has 0 bridgehead atoms. The molecule has 3 aromatic heterocycles. The Bertz CT molecular complexity index is 1350. The second-order valence-corrected chi connectivity index (χ2v) is 9.58. The molecule has 7 nitrogen and oxygen atoms in total. The number of halogens is 1. The van der Waals surface area contributed by atoms with E-state index in [0.717, 1.165) is 66.6 Å². The SMILES string of the molecule is O=C(N[C@@H]1C[C@H]1F)c1ccc(C2=CCN(Cc3cnc4cc(C5CC5)c(=O)[nH]c4c3)CC2)cn1. The molecule has 1 aliphatic heterocycles. The second-order valence-electron chi connectivity index (χ2n) is 9.58. The first-order valence-electron chi connectivity index (χ1n) is 11.9. The van der Waals surface area contributed by atoms with Crippen LogP contribution < -0.4 is 10.9 Å². The van der Waals surface area contributed by atoms with Crippen LogP contribution >= 0.6 is 0 Å². The highest BCUT2D eigenvalue weighted by molar-refractivity contribution is 5.93. The molecule has 2 aliphatic carbocycles. The van der Waals surface area contributed by atoms with Gasteiger partial charge >= 0.3 is 0 Å². The number of amides is 1. The van der Waals surface area contributed by atoms with E-state index in [-0.39, 0.29) is 17.5 Å². The quantitative estimate of drug-likeness (QED) is 0.590. The van der Waals surface area contributed by atoms with E-state index in [1.165, 1.54) is 5.57 Å². The number of aromatic amines is 1. The molecule has 34 heavy (non-hydrogen) atoms. The molecule has 0 saturated heterocycles. The molecule has 174 valence electrons. The average molecular weight is 460 g/mol. The molecule has 2 fully saturated rings. The maximum Gasteiger partial charge on any atom is 0.270 e. The number of H-pyrrole nitrogens is 1. The fourth-order valence-electron chi connectivity index (χ4n) is 4.57. The summed E-state index contributed by atoms with van der Waals surface area (Å²) in [4.78, 5) is 38.7. The number of pyridine rings is 3. The molecule has 0 radical (unpaired) electrons. The summed E-state index contributed by atoms with van der Waals surface area (Å²) in [6.45, 7) is 2.45. The van der Waals surface area contributed by atoms with Gasteiger partial charge in [0, 0.05) is 44.0 Å². The summed E-state index contributed by atoms with van der Waals surface area (Å²) in [6, 6.07) is 7.21. The Hall–Kier alpha value is -3.39. The maximum atomic E-state index is 13.0. The highest BCUT2D eigenvalue weighted by atomic mass is 19.1. The monoisotopic (exact) mass is 459 g/mol. The van der Waals surface area contributed by atoms with Gasteiger partial charge in [-0.1, -0.05) is 12.1 Å². The molecule has 4 heterocycles. The first kappa shape index (κ1) is 21.2. The first-order chi connectivity index (χ1) is 16.5. The van der Waals surface area contributed by atoms with E-state index in [0.29, 0.717) is 18.0 Å². The van der Waals surface area contributed by atoms with Crippen molar-refractivity contribution in [1.82, 2.24) is 25.2 Å². The number of carbonyl (C=O) groups excluding carboxylic acids is 1. The van der Waals surface area contributed by atoms with E-state index in [4.69, 9.17) is 0 Å². The van der Waals surface area contributed by atoms with Crippen LogP contribution in [0, 0.1) is 0 Å². The maximum absolute atomic E-state index is 13.0. The van der Waals surface area contributed by atoms with Crippen LogP contribution in [0.5, 0.6) is 0 Å². The summed E-state index contributed by atoms with van der Waals surface area (Å²) in [6.07, 6.45) is 8.33. The fourth-order valence-corrected chi connectivity index (χ4v) is 4.57. The highest BCUT2D eigenvalue weighted by Gasteiger charge is 2.39. The van der Waals surface area contributed by atoms with E-state index in [2.05, 4.69) is 31.2 Å². The molecular weight excluding hydrogens is 433 g/mol. The zero-order valence-corrected chi connectivity index (χ0v) is 18.8.